The van der Waals surface area contributed by atoms with Crippen LogP contribution in [0.1, 0.15) is 31.7 Å². The molecule has 0 radical (unpaired) electrons. The molecule has 1 aromatic carbocycles. The number of guanidine groups is 1. The van der Waals surface area contributed by atoms with E-state index >= 15 is 0 Å². The van der Waals surface area contributed by atoms with Crippen molar-refractivity contribution in [2.24, 2.45) is 4.99 Å². The maximum absolute atomic E-state index is 5.55. The lowest BCUT2D eigenvalue weighted by molar-refractivity contribution is 0.129. The zero-order valence-corrected chi connectivity index (χ0v) is 20.0. The van der Waals surface area contributed by atoms with Crippen LogP contribution in [0.2, 0.25) is 0 Å². The Balaban J connectivity index is 0.00000625. The largest absolute Gasteiger partial charge is 0.493 e. The van der Waals surface area contributed by atoms with Crippen molar-refractivity contribution < 1.29 is 14.2 Å². The van der Waals surface area contributed by atoms with E-state index in [1.807, 2.05) is 12.1 Å². The van der Waals surface area contributed by atoms with Gasteiger partial charge in [0.25, 0.3) is 0 Å². The highest BCUT2D eigenvalue weighted by Crippen LogP contribution is 2.36. The van der Waals surface area contributed by atoms with E-state index in [2.05, 4.69) is 38.5 Å². The lowest BCUT2D eigenvalue weighted by atomic mass is 10.2. The number of hydrogen-bond acceptors (Lipinski definition) is 4. The number of nitrogens with one attached hydrogen (secondary N) is 2. The normalized spacial score (nSPS) is 10.9. The lowest BCUT2D eigenvalue weighted by Gasteiger charge is -2.14. The third-order valence-corrected chi connectivity index (χ3v) is 4.17. The van der Waals surface area contributed by atoms with E-state index < -0.39 is 0 Å². The monoisotopic (exact) mass is 543 g/mol. The van der Waals surface area contributed by atoms with Gasteiger partial charge in [-0.15, -0.1) is 24.0 Å². The van der Waals surface area contributed by atoms with E-state index in [0.29, 0.717) is 18.0 Å². The van der Waals surface area contributed by atoms with Crippen LogP contribution < -0.4 is 20.1 Å². The summed E-state index contributed by atoms with van der Waals surface area (Å²) in [7, 11) is 5.01. The van der Waals surface area contributed by atoms with Crippen LogP contribution in [0.4, 0.5) is 0 Å². The molecule has 0 atom stereocenters. The SMILES string of the molecule is CCCCOCCCNC(=NC)NCc1cc(Br)c(OC)c(OC)c1.I. The van der Waals surface area contributed by atoms with Crippen molar-refractivity contribution in [2.45, 2.75) is 32.7 Å². The van der Waals surface area contributed by atoms with Gasteiger partial charge in [0.05, 0.1) is 18.7 Å². The summed E-state index contributed by atoms with van der Waals surface area (Å²) in [6.45, 7) is 5.23. The number of hydrogen-bond donors (Lipinski definition) is 2. The zero-order valence-electron chi connectivity index (χ0n) is 16.1. The standard InChI is InChI=1S/C18H30BrN3O3.HI/c1-5-6-9-25-10-7-8-21-18(20-2)22-13-14-11-15(19)17(24-4)16(12-14)23-3;/h11-12H,5-10,13H2,1-4H3,(H2,20,21,22);1H. The minimum atomic E-state index is 0. The number of unbranched alkanes of at least 4 members (excludes halogenated alkanes) is 1. The van der Waals surface area contributed by atoms with Gasteiger partial charge in [-0.3, -0.25) is 4.99 Å². The van der Waals surface area contributed by atoms with Crippen molar-refractivity contribution in [1.82, 2.24) is 10.6 Å². The molecule has 0 saturated carbocycles. The summed E-state index contributed by atoms with van der Waals surface area (Å²) in [4.78, 5) is 4.24. The molecule has 0 heterocycles. The Kier molecular flexibility index (Phi) is 14.9. The molecule has 1 rings (SSSR count). The molecule has 150 valence electrons. The van der Waals surface area contributed by atoms with Crippen molar-refractivity contribution in [3.63, 3.8) is 0 Å². The molecule has 0 aliphatic carbocycles. The first-order valence-electron chi connectivity index (χ1n) is 8.58. The molecular formula is C18H31BrIN3O3. The van der Waals surface area contributed by atoms with Crippen molar-refractivity contribution in [1.29, 1.82) is 0 Å². The summed E-state index contributed by atoms with van der Waals surface area (Å²) in [5.41, 5.74) is 1.07. The minimum Gasteiger partial charge on any atom is -0.493 e. The molecule has 0 aromatic heterocycles. The molecule has 26 heavy (non-hydrogen) atoms. The molecule has 1 aromatic rings. The number of aliphatic imine (C=N–C) groups is 1. The van der Waals surface area contributed by atoms with Crippen molar-refractivity contribution in [3.05, 3.63) is 22.2 Å². The third kappa shape index (κ3) is 9.27. The Morgan fingerprint density at radius 2 is 1.85 bits per heavy atom. The van der Waals surface area contributed by atoms with E-state index in [0.717, 1.165) is 48.6 Å². The predicted molar refractivity (Wildman–Crippen MR) is 121 cm³/mol. The van der Waals surface area contributed by atoms with Crippen LogP contribution in [-0.4, -0.2) is 47.0 Å². The van der Waals surface area contributed by atoms with E-state index in [1.54, 1.807) is 21.3 Å². The quantitative estimate of drug-likeness (QED) is 0.191. The first kappa shape index (κ1) is 25.3. The first-order chi connectivity index (χ1) is 12.2. The molecular weight excluding hydrogens is 513 g/mol. The molecule has 6 nitrogen and oxygen atoms in total. The second-order valence-electron chi connectivity index (χ2n) is 5.49. The van der Waals surface area contributed by atoms with Gasteiger partial charge in [0.15, 0.2) is 17.5 Å². The maximum Gasteiger partial charge on any atom is 0.191 e. The van der Waals surface area contributed by atoms with E-state index in [-0.39, 0.29) is 24.0 Å². The van der Waals surface area contributed by atoms with Crippen LogP contribution in [0.25, 0.3) is 0 Å². The van der Waals surface area contributed by atoms with Gasteiger partial charge < -0.3 is 24.8 Å². The van der Waals surface area contributed by atoms with Crippen LogP contribution >= 0.6 is 39.9 Å². The smallest absolute Gasteiger partial charge is 0.191 e. The number of nitrogens with zero attached hydrogens (tertiary/aromatic N) is 1. The van der Waals surface area contributed by atoms with Gasteiger partial charge in [-0.1, -0.05) is 13.3 Å². The summed E-state index contributed by atoms with van der Waals surface area (Å²) in [6, 6.07) is 3.95. The summed E-state index contributed by atoms with van der Waals surface area (Å²) in [6.07, 6.45) is 3.24. The minimum absolute atomic E-state index is 0. The Bertz CT molecular complexity index is 545. The van der Waals surface area contributed by atoms with Gasteiger partial charge in [-0.2, -0.15) is 0 Å². The Morgan fingerprint density at radius 1 is 1.12 bits per heavy atom. The summed E-state index contributed by atoms with van der Waals surface area (Å²) >= 11 is 3.51. The molecule has 0 fully saturated rings. The van der Waals surface area contributed by atoms with Crippen LogP contribution in [0.15, 0.2) is 21.6 Å². The molecule has 0 spiro atoms. The third-order valence-electron chi connectivity index (χ3n) is 3.58. The van der Waals surface area contributed by atoms with Gasteiger partial charge in [0, 0.05) is 33.4 Å². The van der Waals surface area contributed by atoms with Crippen LogP contribution in [0.3, 0.4) is 0 Å². The molecule has 0 amide bonds. The zero-order chi connectivity index (χ0) is 18.5. The second-order valence-corrected chi connectivity index (χ2v) is 6.34. The molecule has 0 unspecified atom stereocenters. The Hall–Kier alpha value is -0.740. The molecule has 0 saturated heterocycles. The van der Waals surface area contributed by atoms with Gasteiger partial charge in [-0.05, 0) is 46.5 Å². The number of benzene rings is 1. The topological polar surface area (TPSA) is 64.1 Å². The van der Waals surface area contributed by atoms with E-state index in [4.69, 9.17) is 14.2 Å². The number of ether oxygens (including phenoxy) is 3. The van der Waals surface area contributed by atoms with Crippen molar-refractivity contribution >= 4 is 45.9 Å². The van der Waals surface area contributed by atoms with Gasteiger partial charge in [0.2, 0.25) is 0 Å². The Morgan fingerprint density at radius 3 is 2.46 bits per heavy atom. The Labute approximate surface area is 182 Å². The average Bonchev–Trinajstić information content (AvgIpc) is 2.62. The fraction of sp³-hybridized carbons (Fsp3) is 0.611. The highest BCUT2D eigenvalue weighted by molar-refractivity contribution is 14.0. The average molecular weight is 544 g/mol. The van der Waals surface area contributed by atoms with E-state index in [1.165, 1.54) is 6.42 Å². The van der Waals surface area contributed by atoms with Crippen molar-refractivity contribution in [2.75, 3.05) is 41.0 Å². The highest BCUT2D eigenvalue weighted by Gasteiger charge is 2.10. The fourth-order valence-corrected chi connectivity index (χ4v) is 2.86. The summed E-state index contributed by atoms with van der Waals surface area (Å²) < 4.78 is 17.1. The summed E-state index contributed by atoms with van der Waals surface area (Å²) in [5, 5.41) is 6.58. The van der Waals surface area contributed by atoms with Crippen LogP contribution in [0.5, 0.6) is 11.5 Å². The van der Waals surface area contributed by atoms with Gasteiger partial charge >= 0.3 is 0 Å². The van der Waals surface area contributed by atoms with Crippen molar-refractivity contribution in [3.8, 4) is 11.5 Å². The van der Waals surface area contributed by atoms with Gasteiger partial charge in [-0.25, -0.2) is 0 Å². The molecule has 0 bridgehead atoms. The lowest BCUT2D eigenvalue weighted by Crippen LogP contribution is -2.37. The second kappa shape index (κ2) is 15.3. The fourth-order valence-electron chi connectivity index (χ4n) is 2.21. The maximum atomic E-state index is 5.55. The number of rotatable bonds is 11. The highest BCUT2D eigenvalue weighted by atomic mass is 127. The molecule has 8 heteroatoms. The molecule has 0 aliphatic rings. The van der Waals surface area contributed by atoms with Gasteiger partial charge in [0.1, 0.15) is 0 Å². The number of halogens is 2. The first-order valence-corrected chi connectivity index (χ1v) is 9.38. The summed E-state index contributed by atoms with van der Waals surface area (Å²) in [5.74, 6) is 2.15. The molecule has 0 aliphatic heterocycles. The molecule has 2 N–H and O–H groups in total. The van der Waals surface area contributed by atoms with E-state index in [9.17, 15) is 0 Å². The number of methoxy groups -OCH3 is 2. The van der Waals surface area contributed by atoms with Crippen LogP contribution in [-0.2, 0) is 11.3 Å². The predicted octanol–water partition coefficient (Wildman–Crippen LogP) is 3.96. The van der Waals surface area contributed by atoms with Crippen LogP contribution in [0, 0.1) is 0 Å².